The van der Waals surface area contributed by atoms with Crippen LogP contribution in [0.2, 0.25) is 0 Å². The fourth-order valence-electron chi connectivity index (χ4n) is 10.6. The van der Waals surface area contributed by atoms with Crippen LogP contribution in [0.3, 0.4) is 0 Å². The largest absolute Gasteiger partial charge is 0.466 e. The quantitative estimate of drug-likeness (QED) is 0.0417. The standard InChI is InChI=1S/C65H129NO5/c1-3-5-7-9-11-13-15-17-19-21-22-26-29-33-37-41-45-49-53-57-63(68)62(61-67)66-64(69)58-54-50-46-42-38-34-30-27-23-24-28-32-36-40-44-48-52-56-60-71-65(70)59-55-51-47-43-39-35-31-25-20-18-16-14-12-10-8-6-4-2/h62-63,67-68H,3-61H2,1-2H3,(H,66,69). The monoisotopic (exact) mass is 1000 g/mol. The van der Waals surface area contributed by atoms with Gasteiger partial charge in [-0.25, -0.2) is 0 Å². The zero-order valence-electron chi connectivity index (χ0n) is 48.5. The van der Waals surface area contributed by atoms with Gasteiger partial charge < -0.3 is 20.3 Å². The van der Waals surface area contributed by atoms with Gasteiger partial charge in [-0.05, 0) is 25.7 Å². The number of esters is 1. The number of ether oxygens (including phenoxy) is 1. The molecule has 2 unspecified atom stereocenters. The van der Waals surface area contributed by atoms with Gasteiger partial charge in [0.25, 0.3) is 0 Å². The smallest absolute Gasteiger partial charge is 0.305 e. The maximum atomic E-state index is 12.5. The molecule has 0 aromatic carbocycles. The summed E-state index contributed by atoms with van der Waals surface area (Å²) in [5, 5.41) is 23.4. The van der Waals surface area contributed by atoms with Crippen molar-refractivity contribution in [1.82, 2.24) is 5.32 Å². The Kier molecular flexibility index (Phi) is 60.4. The first-order chi connectivity index (χ1) is 35.0. The third-order valence-corrected chi connectivity index (χ3v) is 15.7. The van der Waals surface area contributed by atoms with E-state index in [0.29, 0.717) is 25.9 Å². The van der Waals surface area contributed by atoms with Crippen molar-refractivity contribution < 1.29 is 24.5 Å². The Hall–Kier alpha value is -1.14. The van der Waals surface area contributed by atoms with E-state index in [0.717, 1.165) is 38.5 Å². The summed E-state index contributed by atoms with van der Waals surface area (Å²) in [6, 6.07) is -0.544. The van der Waals surface area contributed by atoms with Crippen LogP contribution in [-0.2, 0) is 14.3 Å². The molecule has 0 heterocycles. The van der Waals surface area contributed by atoms with Crippen molar-refractivity contribution in [1.29, 1.82) is 0 Å². The van der Waals surface area contributed by atoms with E-state index in [9.17, 15) is 19.8 Å². The maximum absolute atomic E-state index is 12.5. The molecule has 424 valence electrons. The highest BCUT2D eigenvalue weighted by molar-refractivity contribution is 5.76. The van der Waals surface area contributed by atoms with Crippen LogP contribution in [0.4, 0.5) is 0 Å². The predicted molar refractivity (Wildman–Crippen MR) is 310 cm³/mol. The Morgan fingerprint density at radius 3 is 0.859 bits per heavy atom. The number of aliphatic hydroxyl groups excluding tert-OH is 2. The molecule has 0 saturated heterocycles. The summed E-state index contributed by atoms with van der Waals surface area (Å²) < 4.78 is 5.50. The summed E-state index contributed by atoms with van der Waals surface area (Å²) in [6.07, 6.45) is 72.6. The minimum atomic E-state index is -0.666. The number of amides is 1. The molecule has 3 N–H and O–H groups in total. The topological polar surface area (TPSA) is 95.9 Å². The molecule has 0 saturated carbocycles. The van der Waals surface area contributed by atoms with Gasteiger partial charge in [-0.15, -0.1) is 0 Å². The first kappa shape index (κ1) is 69.9. The van der Waals surface area contributed by atoms with Gasteiger partial charge in [0.1, 0.15) is 0 Å². The lowest BCUT2D eigenvalue weighted by Gasteiger charge is -2.22. The molecule has 6 nitrogen and oxygen atoms in total. The van der Waals surface area contributed by atoms with Crippen molar-refractivity contribution in [3.63, 3.8) is 0 Å². The van der Waals surface area contributed by atoms with Crippen molar-refractivity contribution in [2.45, 2.75) is 392 Å². The molecule has 71 heavy (non-hydrogen) atoms. The second-order valence-electron chi connectivity index (χ2n) is 22.8. The summed E-state index contributed by atoms with van der Waals surface area (Å²) in [5.74, 6) is -0.0215. The molecular weight excluding hydrogens is 875 g/mol. The van der Waals surface area contributed by atoms with E-state index in [-0.39, 0.29) is 18.5 Å². The van der Waals surface area contributed by atoms with Gasteiger partial charge >= 0.3 is 5.97 Å². The number of unbranched alkanes of at least 4 members (excludes halogenated alkanes) is 51. The van der Waals surface area contributed by atoms with Crippen molar-refractivity contribution in [3.05, 3.63) is 0 Å². The highest BCUT2D eigenvalue weighted by Crippen LogP contribution is 2.19. The van der Waals surface area contributed by atoms with Gasteiger partial charge in [0.2, 0.25) is 5.91 Å². The van der Waals surface area contributed by atoms with Crippen molar-refractivity contribution in [2.75, 3.05) is 13.2 Å². The number of rotatable bonds is 62. The van der Waals surface area contributed by atoms with E-state index < -0.39 is 12.1 Å². The molecule has 2 atom stereocenters. The summed E-state index contributed by atoms with van der Waals surface area (Å²) in [5.41, 5.74) is 0. The van der Waals surface area contributed by atoms with Crippen LogP contribution in [-0.4, -0.2) is 47.4 Å². The van der Waals surface area contributed by atoms with Crippen LogP contribution in [0.15, 0.2) is 0 Å². The number of hydrogen-bond donors (Lipinski definition) is 3. The van der Waals surface area contributed by atoms with E-state index in [1.54, 1.807) is 0 Å². The van der Waals surface area contributed by atoms with Crippen LogP contribution < -0.4 is 5.32 Å². The Morgan fingerprint density at radius 1 is 0.338 bits per heavy atom. The molecule has 0 aromatic heterocycles. The fraction of sp³-hybridized carbons (Fsp3) is 0.969. The number of nitrogens with one attached hydrogen (secondary N) is 1. The van der Waals surface area contributed by atoms with Gasteiger partial charge in [-0.3, -0.25) is 9.59 Å². The number of aliphatic hydroxyl groups is 2. The molecule has 0 aliphatic carbocycles. The third kappa shape index (κ3) is 58.0. The summed E-state index contributed by atoms with van der Waals surface area (Å²) in [7, 11) is 0. The summed E-state index contributed by atoms with van der Waals surface area (Å²) in [6.45, 7) is 4.99. The van der Waals surface area contributed by atoms with Gasteiger partial charge in [0.15, 0.2) is 0 Å². The molecule has 0 aliphatic rings. The highest BCUT2D eigenvalue weighted by atomic mass is 16.5. The van der Waals surface area contributed by atoms with Gasteiger partial charge in [-0.2, -0.15) is 0 Å². The molecule has 0 bridgehead atoms. The van der Waals surface area contributed by atoms with Gasteiger partial charge in [0, 0.05) is 12.8 Å². The van der Waals surface area contributed by atoms with Crippen LogP contribution in [0.25, 0.3) is 0 Å². The molecule has 1 amide bonds. The lowest BCUT2D eigenvalue weighted by molar-refractivity contribution is -0.143. The van der Waals surface area contributed by atoms with Crippen LogP contribution in [0.1, 0.15) is 380 Å². The summed E-state index contributed by atoms with van der Waals surface area (Å²) in [4.78, 5) is 24.6. The third-order valence-electron chi connectivity index (χ3n) is 15.7. The fourth-order valence-corrected chi connectivity index (χ4v) is 10.6. The van der Waals surface area contributed by atoms with E-state index in [1.807, 2.05) is 0 Å². The van der Waals surface area contributed by atoms with Crippen LogP contribution >= 0.6 is 0 Å². The average Bonchev–Trinajstić information content (AvgIpc) is 3.37. The minimum absolute atomic E-state index is 0.0128. The molecule has 0 rings (SSSR count). The Labute approximate surface area is 445 Å². The molecular formula is C65H129NO5. The Bertz CT molecular complexity index is 1020. The SMILES string of the molecule is CCCCCCCCCCCCCCCCCCCCCC(O)C(CO)NC(=O)CCCCCCCCCCCCCCCCCCCCOC(=O)CCCCCCCCCCCCCCCCCCC. The number of carbonyl (C=O) groups is 2. The molecule has 6 heteroatoms. The summed E-state index contributed by atoms with van der Waals surface area (Å²) >= 11 is 0. The lowest BCUT2D eigenvalue weighted by atomic mass is 10.0. The molecule has 0 aromatic rings. The van der Waals surface area contributed by atoms with Crippen molar-refractivity contribution in [3.8, 4) is 0 Å². The molecule has 0 aliphatic heterocycles. The molecule has 0 spiro atoms. The Morgan fingerprint density at radius 2 is 0.577 bits per heavy atom. The van der Waals surface area contributed by atoms with Crippen LogP contribution in [0.5, 0.6) is 0 Å². The van der Waals surface area contributed by atoms with E-state index >= 15 is 0 Å². The Balaban J connectivity index is 3.38. The van der Waals surface area contributed by atoms with Gasteiger partial charge in [0.05, 0.1) is 25.4 Å². The van der Waals surface area contributed by atoms with Crippen molar-refractivity contribution >= 4 is 11.9 Å². The zero-order chi connectivity index (χ0) is 51.4. The first-order valence-electron chi connectivity index (χ1n) is 32.8. The normalized spacial score (nSPS) is 12.5. The maximum Gasteiger partial charge on any atom is 0.305 e. The zero-order valence-corrected chi connectivity index (χ0v) is 48.5. The second-order valence-corrected chi connectivity index (χ2v) is 22.8. The average molecular weight is 1000 g/mol. The predicted octanol–water partition coefficient (Wildman–Crippen LogP) is 20.6. The van der Waals surface area contributed by atoms with E-state index in [4.69, 9.17) is 4.74 Å². The van der Waals surface area contributed by atoms with E-state index in [2.05, 4.69) is 19.2 Å². The number of hydrogen-bond acceptors (Lipinski definition) is 5. The highest BCUT2D eigenvalue weighted by Gasteiger charge is 2.20. The lowest BCUT2D eigenvalue weighted by Crippen LogP contribution is -2.45. The molecule has 0 radical (unpaired) electrons. The van der Waals surface area contributed by atoms with Crippen molar-refractivity contribution in [2.24, 2.45) is 0 Å². The first-order valence-corrected chi connectivity index (χ1v) is 32.8. The number of carbonyl (C=O) groups excluding carboxylic acids is 2. The molecule has 0 fully saturated rings. The minimum Gasteiger partial charge on any atom is -0.466 e. The van der Waals surface area contributed by atoms with Gasteiger partial charge in [-0.1, -0.05) is 341 Å². The second kappa shape index (κ2) is 61.4. The van der Waals surface area contributed by atoms with E-state index in [1.165, 1.54) is 308 Å². The van der Waals surface area contributed by atoms with Crippen LogP contribution in [0, 0.1) is 0 Å².